The molecule has 0 aliphatic carbocycles. The van der Waals surface area contributed by atoms with E-state index in [0.717, 1.165) is 40.9 Å². The van der Waals surface area contributed by atoms with Crippen molar-refractivity contribution in [2.24, 2.45) is 0 Å². The lowest BCUT2D eigenvalue weighted by molar-refractivity contribution is 0.129. The highest BCUT2D eigenvalue weighted by atomic mass is 32.2. The largest absolute Gasteiger partial charge is 0.377 e. The molecule has 3 aromatic rings. The number of thioether (sulfide) groups is 1. The van der Waals surface area contributed by atoms with Gasteiger partial charge in [-0.2, -0.15) is 0 Å². The molecule has 23 heavy (non-hydrogen) atoms. The minimum Gasteiger partial charge on any atom is -0.377 e. The van der Waals surface area contributed by atoms with Gasteiger partial charge in [-0.05, 0) is 36.4 Å². The lowest BCUT2D eigenvalue weighted by atomic mass is 10.3. The predicted molar refractivity (Wildman–Crippen MR) is 94.9 cm³/mol. The van der Waals surface area contributed by atoms with Crippen LogP contribution < -0.4 is 5.56 Å². The van der Waals surface area contributed by atoms with E-state index in [0.29, 0.717) is 5.39 Å². The van der Waals surface area contributed by atoms with Crippen LogP contribution in [-0.4, -0.2) is 28.0 Å². The van der Waals surface area contributed by atoms with Crippen LogP contribution in [0, 0.1) is 0 Å². The van der Waals surface area contributed by atoms with Crippen molar-refractivity contribution in [1.29, 1.82) is 0 Å². The lowest BCUT2D eigenvalue weighted by Crippen LogP contribution is -2.21. The van der Waals surface area contributed by atoms with Crippen LogP contribution in [0.25, 0.3) is 15.9 Å². The van der Waals surface area contributed by atoms with Gasteiger partial charge in [-0.1, -0.05) is 30.0 Å². The Morgan fingerprint density at radius 2 is 2.17 bits per heavy atom. The molecule has 1 aliphatic rings. The van der Waals surface area contributed by atoms with Crippen molar-refractivity contribution in [3.63, 3.8) is 0 Å². The molecule has 1 fully saturated rings. The molecule has 0 N–H and O–H groups in total. The minimum absolute atomic E-state index is 0.00251. The molecule has 0 spiro atoms. The number of benzene rings is 1. The maximum atomic E-state index is 12.9. The van der Waals surface area contributed by atoms with E-state index in [-0.39, 0.29) is 11.7 Å². The fourth-order valence-corrected chi connectivity index (χ4v) is 4.62. The molecule has 1 aliphatic heterocycles. The summed E-state index contributed by atoms with van der Waals surface area (Å²) in [6, 6.07) is 11.6. The van der Waals surface area contributed by atoms with Crippen LogP contribution in [0.3, 0.4) is 0 Å². The Labute approximate surface area is 142 Å². The van der Waals surface area contributed by atoms with E-state index in [1.54, 1.807) is 16.3 Å². The topological polar surface area (TPSA) is 44.1 Å². The van der Waals surface area contributed by atoms with E-state index >= 15 is 0 Å². The zero-order valence-electron chi connectivity index (χ0n) is 12.5. The number of thiophene rings is 1. The Morgan fingerprint density at radius 1 is 1.30 bits per heavy atom. The Hall–Kier alpha value is -1.63. The van der Waals surface area contributed by atoms with Gasteiger partial charge in [-0.3, -0.25) is 9.36 Å². The van der Waals surface area contributed by atoms with Gasteiger partial charge in [0.25, 0.3) is 5.56 Å². The van der Waals surface area contributed by atoms with Crippen molar-refractivity contribution in [3.8, 4) is 5.69 Å². The smallest absolute Gasteiger partial charge is 0.267 e. The van der Waals surface area contributed by atoms with Crippen LogP contribution >= 0.6 is 23.1 Å². The summed E-state index contributed by atoms with van der Waals surface area (Å²) < 4.78 is 7.41. The van der Waals surface area contributed by atoms with E-state index in [4.69, 9.17) is 9.72 Å². The first-order chi connectivity index (χ1) is 11.3. The Balaban J connectivity index is 1.78. The standard InChI is InChI=1S/C17H16N2O2S2/c20-16-14-8-10-22-15(14)18-17(23-11-13-7-4-9-21-13)19(16)12-5-2-1-3-6-12/h1-3,5-6,8,10,13H,4,7,9,11H2/t13-/m0/s1. The van der Waals surface area contributed by atoms with Crippen molar-refractivity contribution >= 4 is 33.3 Å². The molecular formula is C17H16N2O2S2. The van der Waals surface area contributed by atoms with Gasteiger partial charge in [0.2, 0.25) is 0 Å². The molecule has 1 saturated heterocycles. The Kier molecular flexibility index (Phi) is 4.20. The van der Waals surface area contributed by atoms with E-state index in [1.807, 2.05) is 41.8 Å². The zero-order valence-corrected chi connectivity index (χ0v) is 14.1. The van der Waals surface area contributed by atoms with Gasteiger partial charge in [0.15, 0.2) is 5.16 Å². The SMILES string of the molecule is O=c1c2ccsc2nc(SC[C@@H]2CCCO2)n1-c1ccccc1. The summed E-state index contributed by atoms with van der Waals surface area (Å²) in [7, 11) is 0. The number of rotatable bonds is 4. The lowest BCUT2D eigenvalue weighted by Gasteiger charge is -2.13. The summed E-state index contributed by atoms with van der Waals surface area (Å²) in [5, 5.41) is 3.34. The maximum Gasteiger partial charge on any atom is 0.267 e. The van der Waals surface area contributed by atoms with Crippen molar-refractivity contribution in [1.82, 2.24) is 9.55 Å². The molecule has 0 amide bonds. The first kappa shape index (κ1) is 14.9. The minimum atomic E-state index is -0.00251. The van der Waals surface area contributed by atoms with Crippen LogP contribution in [0.1, 0.15) is 12.8 Å². The number of para-hydroxylation sites is 1. The van der Waals surface area contributed by atoms with Gasteiger partial charge in [0.05, 0.1) is 17.2 Å². The second-order valence-electron chi connectivity index (χ2n) is 5.46. The van der Waals surface area contributed by atoms with Gasteiger partial charge >= 0.3 is 0 Å². The number of aromatic nitrogens is 2. The van der Waals surface area contributed by atoms with Crippen molar-refractivity contribution in [3.05, 3.63) is 52.1 Å². The van der Waals surface area contributed by atoms with Crippen LogP contribution in [0.2, 0.25) is 0 Å². The molecule has 4 rings (SSSR count). The van der Waals surface area contributed by atoms with E-state index in [1.165, 1.54) is 11.3 Å². The van der Waals surface area contributed by atoms with Crippen molar-refractivity contribution in [2.45, 2.75) is 24.1 Å². The third-order valence-corrected chi connectivity index (χ3v) is 5.78. The molecule has 4 nitrogen and oxygen atoms in total. The second kappa shape index (κ2) is 6.47. The molecular weight excluding hydrogens is 328 g/mol. The van der Waals surface area contributed by atoms with Gasteiger partial charge in [-0.25, -0.2) is 4.98 Å². The third-order valence-electron chi connectivity index (χ3n) is 3.90. The maximum absolute atomic E-state index is 12.9. The number of ether oxygens (including phenoxy) is 1. The highest BCUT2D eigenvalue weighted by Crippen LogP contribution is 2.26. The fraction of sp³-hybridized carbons (Fsp3) is 0.294. The van der Waals surface area contributed by atoms with Crippen molar-refractivity contribution in [2.75, 3.05) is 12.4 Å². The summed E-state index contributed by atoms with van der Waals surface area (Å²) >= 11 is 3.11. The molecule has 118 valence electrons. The summed E-state index contributed by atoms with van der Waals surface area (Å²) in [6.45, 7) is 0.841. The molecule has 3 heterocycles. The average Bonchev–Trinajstić information content (AvgIpc) is 3.25. The summed E-state index contributed by atoms with van der Waals surface area (Å²) in [5.74, 6) is 0.830. The average molecular weight is 344 g/mol. The highest BCUT2D eigenvalue weighted by Gasteiger charge is 2.19. The Bertz CT molecular complexity index is 867. The Morgan fingerprint density at radius 3 is 2.96 bits per heavy atom. The number of nitrogens with zero attached hydrogens (tertiary/aromatic N) is 2. The molecule has 1 aromatic carbocycles. The second-order valence-corrected chi connectivity index (χ2v) is 7.34. The number of hydrogen-bond acceptors (Lipinski definition) is 5. The van der Waals surface area contributed by atoms with E-state index < -0.39 is 0 Å². The van der Waals surface area contributed by atoms with Gasteiger partial charge < -0.3 is 4.74 Å². The van der Waals surface area contributed by atoms with Crippen LogP contribution in [0.5, 0.6) is 0 Å². The van der Waals surface area contributed by atoms with Gasteiger partial charge in [0.1, 0.15) is 4.83 Å². The number of hydrogen-bond donors (Lipinski definition) is 0. The predicted octanol–water partition coefficient (Wildman–Crippen LogP) is 3.72. The normalized spacial score (nSPS) is 17.8. The van der Waals surface area contributed by atoms with E-state index in [9.17, 15) is 4.79 Å². The molecule has 0 bridgehead atoms. The van der Waals surface area contributed by atoms with Crippen LogP contribution in [0.4, 0.5) is 0 Å². The third kappa shape index (κ3) is 2.94. The first-order valence-electron chi connectivity index (χ1n) is 7.63. The molecule has 1 atom stereocenters. The fourth-order valence-electron chi connectivity index (χ4n) is 2.74. The molecule has 2 aromatic heterocycles. The molecule has 6 heteroatoms. The number of fused-ring (bicyclic) bond motifs is 1. The summed E-state index contributed by atoms with van der Waals surface area (Å²) in [5.41, 5.74) is 0.852. The van der Waals surface area contributed by atoms with Gasteiger partial charge in [0, 0.05) is 12.4 Å². The quantitative estimate of drug-likeness (QED) is 0.534. The monoisotopic (exact) mass is 344 g/mol. The van der Waals surface area contributed by atoms with E-state index in [2.05, 4.69) is 0 Å². The summed E-state index contributed by atoms with van der Waals surface area (Å²) in [6.07, 6.45) is 2.47. The zero-order chi connectivity index (χ0) is 15.6. The molecule has 0 unspecified atom stereocenters. The summed E-state index contributed by atoms with van der Waals surface area (Å²) in [4.78, 5) is 18.4. The van der Waals surface area contributed by atoms with Crippen molar-refractivity contribution < 1.29 is 4.74 Å². The van der Waals surface area contributed by atoms with Gasteiger partial charge in [-0.15, -0.1) is 11.3 Å². The van der Waals surface area contributed by atoms with Crippen LogP contribution in [-0.2, 0) is 4.74 Å². The van der Waals surface area contributed by atoms with Crippen LogP contribution in [0.15, 0.2) is 51.7 Å². The molecule has 0 saturated carbocycles. The molecule has 0 radical (unpaired) electrons. The first-order valence-corrected chi connectivity index (χ1v) is 9.49. The highest BCUT2D eigenvalue weighted by molar-refractivity contribution is 7.99.